The van der Waals surface area contributed by atoms with Crippen molar-refractivity contribution in [3.8, 4) is 0 Å². The molecule has 3 nitrogen and oxygen atoms in total. The van der Waals surface area contributed by atoms with Gasteiger partial charge >= 0.3 is 5.97 Å². The fraction of sp³-hybridized carbons (Fsp3) is 0.389. The minimum absolute atomic E-state index is 0.316. The standard InChI is InChI=1S/C18H24O3Si/c1-4-22(5-2,6-3)21-18-16(14-17(19)20-18)13-12-15-10-8-7-9-11-15/h7-14,18H,4-6H2,1-3H3/b13-12+. The minimum atomic E-state index is -1.81. The summed E-state index contributed by atoms with van der Waals surface area (Å²) in [6.45, 7) is 6.50. The largest absolute Gasteiger partial charge is 0.429 e. The molecule has 4 heteroatoms. The molecule has 1 heterocycles. The first-order valence-corrected chi connectivity index (χ1v) is 10.5. The second-order valence-electron chi connectivity index (χ2n) is 5.52. The first-order valence-electron chi connectivity index (χ1n) is 7.95. The molecule has 0 spiro atoms. The highest BCUT2D eigenvalue weighted by Gasteiger charge is 2.36. The monoisotopic (exact) mass is 316 g/mol. The molecule has 0 amide bonds. The molecule has 0 bridgehead atoms. The van der Waals surface area contributed by atoms with Gasteiger partial charge in [-0.1, -0.05) is 63.3 Å². The van der Waals surface area contributed by atoms with Crippen LogP contribution < -0.4 is 0 Å². The van der Waals surface area contributed by atoms with Crippen LogP contribution in [0.15, 0.2) is 48.1 Å². The molecule has 1 aromatic carbocycles. The van der Waals surface area contributed by atoms with E-state index < -0.39 is 14.6 Å². The first-order chi connectivity index (χ1) is 10.6. The Morgan fingerprint density at radius 2 is 1.73 bits per heavy atom. The lowest BCUT2D eigenvalue weighted by Gasteiger charge is -2.31. The second kappa shape index (κ2) is 7.56. The Morgan fingerprint density at radius 3 is 2.32 bits per heavy atom. The lowest BCUT2D eigenvalue weighted by atomic mass is 10.1. The third kappa shape index (κ3) is 3.96. The summed E-state index contributed by atoms with van der Waals surface area (Å²) < 4.78 is 11.6. The van der Waals surface area contributed by atoms with Crippen molar-refractivity contribution < 1.29 is 14.0 Å². The molecule has 1 aromatic rings. The number of hydrogen-bond donors (Lipinski definition) is 0. The topological polar surface area (TPSA) is 35.5 Å². The van der Waals surface area contributed by atoms with Crippen LogP contribution >= 0.6 is 0 Å². The molecule has 22 heavy (non-hydrogen) atoms. The van der Waals surface area contributed by atoms with E-state index in [9.17, 15) is 4.79 Å². The van der Waals surface area contributed by atoms with E-state index in [4.69, 9.17) is 9.16 Å². The van der Waals surface area contributed by atoms with Crippen molar-refractivity contribution in [1.82, 2.24) is 0 Å². The summed E-state index contributed by atoms with van der Waals surface area (Å²) in [5.74, 6) is -0.316. The average molecular weight is 316 g/mol. The zero-order valence-electron chi connectivity index (χ0n) is 13.5. The van der Waals surface area contributed by atoms with Gasteiger partial charge in [-0.2, -0.15) is 0 Å². The number of carbonyl (C=O) groups excluding carboxylic acids is 1. The Morgan fingerprint density at radius 1 is 1.09 bits per heavy atom. The van der Waals surface area contributed by atoms with Gasteiger partial charge in [-0.15, -0.1) is 0 Å². The van der Waals surface area contributed by atoms with Crippen LogP contribution in [0.3, 0.4) is 0 Å². The highest BCUT2D eigenvalue weighted by molar-refractivity contribution is 6.73. The Bertz CT molecular complexity index is 551. The molecule has 0 aromatic heterocycles. The normalized spacial score (nSPS) is 18.6. The van der Waals surface area contributed by atoms with Crippen LogP contribution in [0.5, 0.6) is 0 Å². The summed E-state index contributed by atoms with van der Waals surface area (Å²) in [7, 11) is -1.81. The number of benzene rings is 1. The summed E-state index contributed by atoms with van der Waals surface area (Å²) in [4.78, 5) is 11.6. The second-order valence-corrected chi connectivity index (χ2v) is 10.2. The van der Waals surface area contributed by atoms with Gasteiger partial charge in [0.25, 0.3) is 0 Å². The average Bonchev–Trinajstić information content (AvgIpc) is 2.91. The zero-order valence-corrected chi connectivity index (χ0v) is 14.5. The third-order valence-electron chi connectivity index (χ3n) is 4.34. The van der Waals surface area contributed by atoms with Crippen molar-refractivity contribution in [3.05, 3.63) is 53.6 Å². The number of esters is 1. The van der Waals surface area contributed by atoms with Crippen molar-refractivity contribution in [2.24, 2.45) is 0 Å². The number of rotatable bonds is 7. The molecule has 1 atom stereocenters. The van der Waals surface area contributed by atoms with Crippen molar-refractivity contribution >= 4 is 20.4 Å². The third-order valence-corrected chi connectivity index (χ3v) is 8.92. The summed E-state index contributed by atoms with van der Waals surface area (Å²) in [6.07, 6.45) is 4.89. The Balaban J connectivity index is 2.13. The van der Waals surface area contributed by atoms with E-state index in [1.165, 1.54) is 6.08 Å². The Kier molecular flexibility index (Phi) is 5.74. The molecule has 1 aliphatic rings. The van der Waals surface area contributed by atoms with Gasteiger partial charge in [0.15, 0.2) is 8.32 Å². The van der Waals surface area contributed by atoms with Gasteiger partial charge in [0.1, 0.15) is 0 Å². The van der Waals surface area contributed by atoms with Crippen LogP contribution in [0.1, 0.15) is 26.3 Å². The van der Waals surface area contributed by atoms with E-state index >= 15 is 0 Å². The fourth-order valence-corrected chi connectivity index (χ4v) is 5.25. The smallest absolute Gasteiger partial charge is 0.333 e. The van der Waals surface area contributed by atoms with Crippen molar-refractivity contribution in [1.29, 1.82) is 0 Å². The molecule has 0 saturated carbocycles. The number of cyclic esters (lactones) is 1. The van der Waals surface area contributed by atoms with E-state index in [0.717, 1.165) is 29.3 Å². The SMILES string of the molecule is CC[Si](CC)(CC)OC1OC(=O)C=C1/C=C/c1ccccc1. The summed E-state index contributed by atoms with van der Waals surface area (Å²) in [5.41, 5.74) is 1.90. The predicted molar refractivity (Wildman–Crippen MR) is 91.7 cm³/mol. The molecule has 0 aliphatic carbocycles. The summed E-state index contributed by atoms with van der Waals surface area (Å²) >= 11 is 0. The molecule has 0 saturated heterocycles. The van der Waals surface area contributed by atoms with Crippen LogP contribution in [0, 0.1) is 0 Å². The van der Waals surface area contributed by atoms with Gasteiger partial charge in [-0.25, -0.2) is 4.79 Å². The number of hydrogen-bond acceptors (Lipinski definition) is 3. The summed E-state index contributed by atoms with van der Waals surface area (Å²) in [5, 5.41) is 0. The van der Waals surface area contributed by atoms with Crippen LogP contribution in [-0.4, -0.2) is 20.6 Å². The van der Waals surface area contributed by atoms with Crippen LogP contribution in [0.4, 0.5) is 0 Å². The van der Waals surface area contributed by atoms with Crippen LogP contribution in [0.25, 0.3) is 6.08 Å². The van der Waals surface area contributed by atoms with Gasteiger partial charge < -0.3 is 9.16 Å². The summed E-state index contributed by atoms with van der Waals surface area (Å²) in [6, 6.07) is 13.1. The molecule has 2 rings (SSSR count). The van der Waals surface area contributed by atoms with Gasteiger partial charge in [0.05, 0.1) is 0 Å². The minimum Gasteiger partial charge on any atom is -0.429 e. The molecule has 0 radical (unpaired) electrons. The maximum absolute atomic E-state index is 11.6. The van der Waals surface area contributed by atoms with Crippen molar-refractivity contribution in [2.45, 2.75) is 45.2 Å². The van der Waals surface area contributed by atoms with E-state index in [-0.39, 0.29) is 5.97 Å². The van der Waals surface area contributed by atoms with Crippen LogP contribution in [0.2, 0.25) is 18.1 Å². The maximum Gasteiger partial charge on any atom is 0.333 e. The Hall–Kier alpha value is -1.65. The molecule has 1 unspecified atom stereocenters. The van der Waals surface area contributed by atoms with Crippen molar-refractivity contribution in [3.63, 3.8) is 0 Å². The van der Waals surface area contributed by atoms with Gasteiger partial charge in [0, 0.05) is 11.6 Å². The predicted octanol–water partition coefficient (Wildman–Crippen LogP) is 4.53. The molecular formula is C18H24O3Si. The molecule has 1 aliphatic heterocycles. The van der Waals surface area contributed by atoms with Crippen molar-refractivity contribution in [2.75, 3.05) is 0 Å². The first kappa shape index (κ1) is 16.7. The highest BCUT2D eigenvalue weighted by atomic mass is 28.4. The number of ether oxygens (including phenoxy) is 1. The maximum atomic E-state index is 11.6. The van der Waals surface area contributed by atoms with E-state index in [1.807, 2.05) is 42.5 Å². The van der Waals surface area contributed by atoms with E-state index in [2.05, 4.69) is 20.8 Å². The molecule has 0 fully saturated rings. The van der Waals surface area contributed by atoms with Gasteiger partial charge in [-0.05, 0) is 23.7 Å². The highest BCUT2D eigenvalue weighted by Crippen LogP contribution is 2.29. The molecule has 0 N–H and O–H groups in total. The van der Waals surface area contributed by atoms with E-state index in [1.54, 1.807) is 0 Å². The fourth-order valence-electron chi connectivity index (χ4n) is 2.61. The lowest BCUT2D eigenvalue weighted by Crippen LogP contribution is -2.40. The molecular weight excluding hydrogens is 292 g/mol. The van der Waals surface area contributed by atoms with Crippen LogP contribution in [-0.2, 0) is 14.0 Å². The van der Waals surface area contributed by atoms with E-state index in [0.29, 0.717) is 0 Å². The molecule has 118 valence electrons. The lowest BCUT2D eigenvalue weighted by molar-refractivity contribution is -0.149. The quantitative estimate of drug-likeness (QED) is 0.547. The van der Waals surface area contributed by atoms with Gasteiger partial charge in [-0.3, -0.25) is 0 Å². The van der Waals surface area contributed by atoms with Gasteiger partial charge in [0.2, 0.25) is 6.29 Å². The zero-order chi connectivity index (χ0) is 16.0. The Labute approximate surface area is 133 Å². The number of carbonyl (C=O) groups is 1.